The number of H-pyrrole nitrogens is 1. The molecule has 0 saturated carbocycles. The molecule has 1 aromatic heterocycles. The molecule has 4 rings (SSSR count). The van der Waals surface area contributed by atoms with Crippen molar-refractivity contribution < 1.29 is 14.3 Å². The average Bonchev–Trinajstić information content (AvgIpc) is 3.47. The second kappa shape index (κ2) is 9.04. The van der Waals surface area contributed by atoms with Crippen LogP contribution in [0.1, 0.15) is 41.9 Å². The van der Waals surface area contributed by atoms with Crippen molar-refractivity contribution in [1.29, 1.82) is 0 Å². The Labute approximate surface area is 181 Å². The minimum Gasteiger partial charge on any atom is -0.453 e. The van der Waals surface area contributed by atoms with E-state index in [9.17, 15) is 9.59 Å². The number of benzene rings is 2. The molecule has 1 saturated heterocycles. The van der Waals surface area contributed by atoms with Crippen LogP contribution in [0.15, 0.2) is 60.8 Å². The first-order chi connectivity index (χ1) is 15.1. The Morgan fingerprint density at radius 1 is 1.16 bits per heavy atom. The summed E-state index contributed by atoms with van der Waals surface area (Å²) >= 11 is 0. The van der Waals surface area contributed by atoms with Crippen LogP contribution in [0.3, 0.4) is 0 Å². The number of alkyl carbamates (subject to hydrolysis) is 1. The first-order valence-electron chi connectivity index (χ1n) is 10.4. The fourth-order valence-electron chi connectivity index (χ4n) is 3.98. The topological polar surface area (TPSA) is 87.3 Å². The molecule has 7 heteroatoms. The van der Waals surface area contributed by atoms with E-state index in [1.807, 2.05) is 36.5 Å². The number of carbonyl (C=O) groups is 2. The third kappa shape index (κ3) is 4.45. The van der Waals surface area contributed by atoms with Gasteiger partial charge in [-0.25, -0.2) is 9.78 Å². The lowest BCUT2D eigenvalue weighted by Gasteiger charge is -2.28. The molecular weight excluding hydrogens is 392 g/mol. The van der Waals surface area contributed by atoms with Gasteiger partial charge in [-0.15, -0.1) is 0 Å². The molecule has 2 N–H and O–H groups in total. The summed E-state index contributed by atoms with van der Waals surface area (Å²) in [6, 6.07) is 16.4. The van der Waals surface area contributed by atoms with E-state index in [1.165, 1.54) is 12.7 Å². The molecule has 0 spiro atoms. The number of hydrogen-bond donors (Lipinski definition) is 2. The van der Waals surface area contributed by atoms with E-state index in [-0.39, 0.29) is 11.9 Å². The third-order valence-electron chi connectivity index (χ3n) is 5.64. The molecule has 2 amide bonds. The maximum Gasteiger partial charge on any atom is 0.407 e. The fourth-order valence-corrected chi connectivity index (χ4v) is 3.98. The van der Waals surface area contributed by atoms with Crippen LogP contribution in [-0.4, -0.2) is 40.5 Å². The van der Waals surface area contributed by atoms with Crippen molar-refractivity contribution >= 4 is 12.0 Å². The molecule has 3 aromatic rings. The van der Waals surface area contributed by atoms with Crippen molar-refractivity contribution in [3.8, 4) is 11.3 Å². The number of aromatic amines is 1. The van der Waals surface area contributed by atoms with Gasteiger partial charge < -0.3 is 19.9 Å². The highest BCUT2D eigenvalue weighted by molar-refractivity contribution is 5.87. The van der Waals surface area contributed by atoms with Crippen molar-refractivity contribution in [3.63, 3.8) is 0 Å². The Hall–Kier alpha value is -3.61. The third-order valence-corrected chi connectivity index (χ3v) is 5.64. The van der Waals surface area contributed by atoms with E-state index in [4.69, 9.17) is 4.74 Å². The largest absolute Gasteiger partial charge is 0.453 e. The van der Waals surface area contributed by atoms with Crippen LogP contribution in [-0.2, 0) is 9.53 Å². The number of nitrogens with zero attached hydrogens (tertiary/aromatic N) is 2. The average molecular weight is 418 g/mol. The normalized spacial score (nSPS) is 16.7. The molecule has 7 nitrogen and oxygen atoms in total. The van der Waals surface area contributed by atoms with Gasteiger partial charge in [-0.3, -0.25) is 4.79 Å². The predicted molar refractivity (Wildman–Crippen MR) is 117 cm³/mol. The standard InChI is InChI=1S/C24H26N4O3/c1-16-10-12-17(13-11-16)19-15-25-22(26-19)20-9-6-14-28(20)23(29)21(27-24(30)31-2)18-7-4-3-5-8-18/h3-5,7-8,10-13,15,20-21H,6,9,14H2,1-2H3,(H,25,26)(H,27,30). The van der Waals surface area contributed by atoms with Crippen molar-refractivity contribution in [2.24, 2.45) is 0 Å². The highest BCUT2D eigenvalue weighted by Crippen LogP contribution is 2.34. The Bertz CT molecular complexity index is 1050. The summed E-state index contributed by atoms with van der Waals surface area (Å²) in [6.07, 6.45) is 2.85. The van der Waals surface area contributed by atoms with Crippen LogP contribution in [0, 0.1) is 6.92 Å². The Kier molecular flexibility index (Phi) is 6.02. The molecule has 0 radical (unpaired) electrons. The van der Waals surface area contributed by atoms with Crippen molar-refractivity contribution in [2.75, 3.05) is 13.7 Å². The van der Waals surface area contributed by atoms with Gasteiger partial charge in [0, 0.05) is 6.54 Å². The minimum atomic E-state index is -0.819. The van der Waals surface area contributed by atoms with Crippen molar-refractivity contribution in [3.05, 3.63) is 77.7 Å². The smallest absolute Gasteiger partial charge is 0.407 e. The van der Waals surface area contributed by atoms with Gasteiger partial charge >= 0.3 is 6.09 Å². The summed E-state index contributed by atoms with van der Waals surface area (Å²) in [7, 11) is 1.29. The van der Waals surface area contributed by atoms with Crippen LogP contribution in [0.2, 0.25) is 0 Å². The van der Waals surface area contributed by atoms with E-state index in [1.54, 1.807) is 4.90 Å². The number of imidazole rings is 1. The summed E-state index contributed by atoms with van der Waals surface area (Å²) in [6.45, 7) is 2.66. The lowest BCUT2D eigenvalue weighted by atomic mass is 10.1. The molecule has 31 heavy (non-hydrogen) atoms. The maximum absolute atomic E-state index is 13.5. The van der Waals surface area contributed by atoms with Gasteiger partial charge in [0.25, 0.3) is 5.91 Å². The zero-order chi connectivity index (χ0) is 21.8. The van der Waals surface area contributed by atoms with Crippen LogP contribution in [0.25, 0.3) is 11.3 Å². The van der Waals surface area contributed by atoms with Crippen LogP contribution in [0.4, 0.5) is 4.79 Å². The quantitative estimate of drug-likeness (QED) is 0.652. The van der Waals surface area contributed by atoms with Gasteiger partial charge in [0.05, 0.1) is 25.0 Å². The Balaban J connectivity index is 1.58. The van der Waals surface area contributed by atoms with E-state index >= 15 is 0 Å². The predicted octanol–water partition coefficient (Wildman–Crippen LogP) is 4.15. The summed E-state index contributed by atoms with van der Waals surface area (Å²) in [5.41, 5.74) is 3.88. The van der Waals surface area contributed by atoms with Crippen molar-refractivity contribution in [1.82, 2.24) is 20.2 Å². The molecule has 0 aliphatic carbocycles. The monoisotopic (exact) mass is 418 g/mol. The molecule has 160 valence electrons. The first-order valence-corrected chi connectivity index (χ1v) is 10.4. The second-order valence-electron chi connectivity index (χ2n) is 7.72. The molecule has 1 aliphatic heterocycles. The molecule has 2 atom stereocenters. The first kappa shape index (κ1) is 20.7. The Morgan fingerprint density at radius 3 is 2.61 bits per heavy atom. The van der Waals surface area contributed by atoms with E-state index in [2.05, 4.69) is 46.5 Å². The number of amides is 2. The fraction of sp³-hybridized carbons (Fsp3) is 0.292. The molecule has 2 aromatic carbocycles. The lowest BCUT2D eigenvalue weighted by molar-refractivity contribution is -0.134. The lowest BCUT2D eigenvalue weighted by Crippen LogP contribution is -2.42. The highest BCUT2D eigenvalue weighted by atomic mass is 16.5. The van der Waals surface area contributed by atoms with Gasteiger partial charge in [-0.2, -0.15) is 0 Å². The number of methoxy groups -OCH3 is 1. The Morgan fingerprint density at radius 2 is 1.90 bits per heavy atom. The number of aromatic nitrogens is 2. The van der Waals surface area contributed by atoms with Gasteiger partial charge in [0.2, 0.25) is 0 Å². The zero-order valence-corrected chi connectivity index (χ0v) is 17.7. The number of hydrogen-bond acceptors (Lipinski definition) is 4. The molecule has 2 heterocycles. The second-order valence-corrected chi connectivity index (χ2v) is 7.72. The molecule has 0 bridgehead atoms. The van der Waals surface area contributed by atoms with E-state index in [0.29, 0.717) is 12.1 Å². The van der Waals surface area contributed by atoms with Gasteiger partial charge in [0.15, 0.2) is 0 Å². The van der Waals surface area contributed by atoms with Crippen LogP contribution in [0.5, 0.6) is 0 Å². The van der Waals surface area contributed by atoms with Crippen LogP contribution >= 0.6 is 0 Å². The molecule has 1 fully saturated rings. The maximum atomic E-state index is 13.5. The molecule has 2 unspecified atom stereocenters. The molecular formula is C24H26N4O3. The van der Waals surface area contributed by atoms with Gasteiger partial charge in [-0.05, 0) is 30.9 Å². The van der Waals surface area contributed by atoms with Crippen molar-refractivity contribution in [2.45, 2.75) is 31.8 Å². The van der Waals surface area contributed by atoms with Crippen LogP contribution < -0.4 is 5.32 Å². The van der Waals surface area contributed by atoms with Gasteiger partial charge in [0.1, 0.15) is 11.9 Å². The molecule has 1 aliphatic rings. The van der Waals surface area contributed by atoms with Gasteiger partial charge in [-0.1, -0.05) is 60.2 Å². The number of nitrogens with one attached hydrogen (secondary N) is 2. The number of likely N-dealkylation sites (tertiary alicyclic amines) is 1. The van der Waals surface area contributed by atoms with E-state index < -0.39 is 12.1 Å². The number of rotatable bonds is 5. The van der Waals surface area contributed by atoms with E-state index in [0.717, 1.165) is 29.9 Å². The summed E-state index contributed by atoms with van der Waals surface area (Å²) in [5, 5.41) is 2.69. The minimum absolute atomic E-state index is 0.169. The number of carbonyl (C=O) groups excluding carboxylic acids is 2. The summed E-state index contributed by atoms with van der Waals surface area (Å²) < 4.78 is 4.75. The highest BCUT2D eigenvalue weighted by Gasteiger charge is 2.37. The zero-order valence-electron chi connectivity index (χ0n) is 17.7. The SMILES string of the molecule is COC(=O)NC(C(=O)N1CCCC1c1ncc(-c2ccc(C)cc2)[nH]1)c1ccccc1. The number of aryl methyl sites for hydroxylation is 1. The summed E-state index contributed by atoms with van der Waals surface area (Å²) in [4.78, 5) is 35.2. The number of ether oxygens (including phenoxy) is 1. The summed E-state index contributed by atoms with van der Waals surface area (Å²) in [5.74, 6) is 0.582.